The van der Waals surface area contributed by atoms with Gasteiger partial charge >= 0.3 is 5.97 Å². The molecule has 1 amide bonds. The number of likely N-dealkylation sites (tertiary alicyclic amines) is 1. The minimum atomic E-state index is -1.03. The van der Waals surface area contributed by atoms with Gasteiger partial charge in [-0.05, 0) is 73.8 Å². The Hall–Kier alpha value is -2.11. The molecule has 1 saturated heterocycles. The summed E-state index contributed by atoms with van der Waals surface area (Å²) in [5.74, 6) is -0.876. The number of nitrogens with zero attached hydrogens (tertiary/aromatic N) is 1. The number of carboxylic acids is 1. The van der Waals surface area contributed by atoms with Crippen LogP contribution in [0, 0.1) is 17.2 Å². The molecule has 0 radical (unpaired) electrons. The fourth-order valence-corrected chi connectivity index (χ4v) is 5.20. The highest BCUT2D eigenvalue weighted by molar-refractivity contribution is 5.97. The van der Waals surface area contributed by atoms with Crippen LogP contribution >= 0.6 is 0 Å². The summed E-state index contributed by atoms with van der Waals surface area (Å²) in [7, 11) is 0. The summed E-state index contributed by atoms with van der Waals surface area (Å²) in [5, 5.41) is 9.37. The maximum absolute atomic E-state index is 15.0. The Morgan fingerprint density at radius 2 is 1.97 bits per heavy atom. The van der Waals surface area contributed by atoms with E-state index >= 15 is 0 Å². The van der Waals surface area contributed by atoms with Gasteiger partial charge in [0.25, 0.3) is 5.91 Å². The van der Waals surface area contributed by atoms with Crippen molar-refractivity contribution < 1.29 is 23.8 Å². The Balaban J connectivity index is 1.53. The van der Waals surface area contributed by atoms with Crippen molar-refractivity contribution in [1.82, 2.24) is 4.90 Å². The van der Waals surface area contributed by atoms with E-state index in [1.165, 1.54) is 23.8 Å². The lowest BCUT2D eigenvalue weighted by molar-refractivity contribution is -0.141. The summed E-state index contributed by atoms with van der Waals surface area (Å²) in [5.41, 5.74) is 1.18. The Morgan fingerprint density at radius 3 is 2.63 bits per heavy atom. The van der Waals surface area contributed by atoms with Gasteiger partial charge in [0.15, 0.2) is 0 Å². The van der Waals surface area contributed by atoms with Crippen LogP contribution in [0.3, 0.4) is 0 Å². The average Bonchev–Trinajstić information content (AvgIpc) is 3.40. The Kier molecular flexibility index (Phi) is 5.78. The molecule has 3 fully saturated rings. The first-order valence-corrected chi connectivity index (χ1v) is 11.3. The zero-order chi connectivity index (χ0) is 21.5. The molecule has 1 aromatic rings. The van der Waals surface area contributed by atoms with Gasteiger partial charge in [-0.15, -0.1) is 0 Å². The average molecular weight is 418 g/mol. The van der Waals surface area contributed by atoms with Crippen molar-refractivity contribution >= 4 is 11.9 Å². The lowest BCUT2D eigenvalue weighted by atomic mass is 9.72. The van der Waals surface area contributed by atoms with E-state index in [1.54, 1.807) is 6.07 Å². The third kappa shape index (κ3) is 4.47. The number of ether oxygens (including phenoxy) is 1. The first-order chi connectivity index (χ1) is 14.2. The smallest absolute Gasteiger partial charge is 0.326 e. The maximum Gasteiger partial charge on any atom is 0.326 e. The molecule has 1 aliphatic heterocycles. The summed E-state index contributed by atoms with van der Waals surface area (Å²) >= 11 is 0. The molecule has 0 aromatic heterocycles. The van der Waals surface area contributed by atoms with E-state index in [9.17, 15) is 19.1 Å². The highest BCUT2D eigenvalue weighted by Gasteiger charge is 2.37. The predicted molar refractivity (Wildman–Crippen MR) is 111 cm³/mol. The summed E-state index contributed by atoms with van der Waals surface area (Å²) < 4.78 is 21.1. The monoisotopic (exact) mass is 417 g/mol. The quantitative estimate of drug-likeness (QED) is 0.708. The van der Waals surface area contributed by atoms with Gasteiger partial charge in [0.05, 0.1) is 12.2 Å². The molecule has 1 heterocycles. The van der Waals surface area contributed by atoms with Gasteiger partial charge in [-0.3, -0.25) is 4.79 Å². The van der Waals surface area contributed by atoms with Crippen molar-refractivity contribution in [1.29, 1.82) is 0 Å². The molecular formula is C24H32FNO4. The molecule has 0 spiro atoms. The van der Waals surface area contributed by atoms with E-state index in [0.29, 0.717) is 49.0 Å². The van der Waals surface area contributed by atoms with Crippen LogP contribution in [-0.4, -0.2) is 41.1 Å². The molecule has 30 heavy (non-hydrogen) atoms. The van der Waals surface area contributed by atoms with Gasteiger partial charge in [0, 0.05) is 12.6 Å². The second-order valence-corrected chi connectivity index (χ2v) is 10.1. The van der Waals surface area contributed by atoms with Crippen molar-refractivity contribution in [3.05, 3.63) is 29.1 Å². The summed E-state index contributed by atoms with van der Waals surface area (Å²) in [6.07, 6.45) is 7.72. The number of carbonyl (C=O) groups is 2. The number of carbonyl (C=O) groups excluding carboxylic acids is 1. The molecule has 1 aromatic carbocycles. The molecule has 2 unspecified atom stereocenters. The third-order valence-corrected chi connectivity index (χ3v) is 6.93. The van der Waals surface area contributed by atoms with Crippen molar-refractivity contribution in [2.24, 2.45) is 11.3 Å². The summed E-state index contributed by atoms with van der Waals surface area (Å²) in [4.78, 5) is 25.7. The topological polar surface area (TPSA) is 66.8 Å². The molecule has 2 aliphatic carbocycles. The second kappa shape index (κ2) is 8.20. The zero-order valence-electron chi connectivity index (χ0n) is 18.0. The van der Waals surface area contributed by atoms with Crippen LogP contribution in [0.25, 0.3) is 0 Å². The van der Waals surface area contributed by atoms with Crippen LogP contribution in [0.1, 0.15) is 87.1 Å². The normalized spacial score (nSPS) is 25.9. The lowest BCUT2D eigenvalue weighted by Crippen LogP contribution is -2.40. The first-order valence-electron chi connectivity index (χ1n) is 11.3. The van der Waals surface area contributed by atoms with Gasteiger partial charge in [0.2, 0.25) is 0 Å². The predicted octanol–water partition coefficient (Wildman–Crippen LogP) is 4.99. The maximum atomic E-state index is 15.0. The Labute approximate surface area is 177 Å². The van der Waals surface area contributed by atoms with Gasteiger partial charge in [-0.1, -0.05) is 20.3 Å². The van der Waals surface area contributed by atoms with Crippen LogP contribution in [0.15, 0.2) is 12.1 Å². The SMILES string of the molecule is CC1(C)CCCC(COc2cc(F)c(C(=O)N3CCCC3C(=O)O)cc2C2CC2)C1. The minimum Gasteiger partial charge on any atom is -0.493 e. The molecule has 164 valence electrons. The number of rotatable bonds is 6. The Morgan fingerprint density at radius 1 is 1.20 bits per heavy atom. The first kappa shape index (κ1) is 21.1. The van der Waals surface area contributed by atoms with Gasteiger partial charge in [-0.2, -0.15) is 0 Å². The number of hydrogen-bond acceptors (Lipinski definition) is 3. The van der Waals surface area contributed by atoms with Crippen molar-refractivity contribution in [3.63, 3.8) is 0 Å². The summed E-state index contributed by atoms with van der Waals surface area (Å²) in [6.45, 7) is 5.50. The van der Waals surface area contributed by atoms with E-state index in [0.717, 1.165) is 31.2 Å². The van der Waals surface area contributed by atoms with Crippen LogP contribution < -0.4 is 4.74 Å². The largest absolute Gasteiger partial charge is 0.493 e. The molecule has 3 aliphatic rings. The molecule has 2 saturated carbocycles. The number of amides is 1. The van der Waals surface area contributed by atoms with Crippen molar-refractivity contribution in [2.75, 3.05) is 13.2 Å². The molecule has 1 N–H and O–H groups in total. The lowest BCUT2D eigenvalue weighted by Gasteiger charge is -2.35. The minimum absolute atomic E-state index is 0.0313. The molecule has 5 nitrogen and oxygen atoms in total. The highest BCUT2D eigenvalue weighted by atomic mass is 19.1. The zero-order valence-corrected chi connectivity index (χ0v) is 18.0. The molecule has 4 rings (SSSR count). The molecular weight excluding hydrogens is 385 g/mol. The fourth-order valence-electron chi connectivity index (χ4n) is 5.20. The molecule has 6 heteroatoms. The van der Waals surface area contributed by atoms with E-state index < -0.39 is 23.7 Å². The number of carboxylic acid groups (broad SMARTS) is 1. The van der Waals surface area contributed by atoms with Gasteiger partial charge in [-0.25, -0.2) is 9.18 Å². The standard InChI is InChI=1S/C24H32FNO4/c1-24(2)9-3-5-15(13-24)14-30-21-12-19(25)18(11-17(21)16-7-8-16)22(27)26-10-4-6-20(26)23(28)29/h11-12,15-16,20H,3-10,13-14H2,1-2H3,(H,28,29). The summed E-state index contributed by atoms with van der Waals surface area (Å²) in [6, 6.07) is 2.10. The van der Waals surface area contributed by atoms with E-state index in [4.69, 9.17) is 4.74 Å². The van der Waals surface area contributed by atoms with Crippen LogP contribution in [0.4, 0.5) is 4.39 Å². The van der Waals surface area contributed by atoms with Crippen LogP contribution in [-0.2, 0) is 4.79 Å². The van der Waals surface area contributed by atoms with E-state index in [-0.39, 0.29) is 5.56 Å². The number of halogens is 1. The number of aliphatic carboxylic acids is 1. The van der Waals surface area contributed by atoms with Crippen molar-refractivity contribution in [2.45, 2.75) is 77.2 Å². The van der Waals surface area contributed by atoms with Crippen molar-refractivity contribution in [3.8, 4) is 5.75 Å². The Bertz CT molecular complexity index is 833. The third-order valence-electron chi connectivity index (χ3n) is 6.93. The van der Waals surface area contributed by atoms with Gasteiger partial charge in [0.1, 0.15) is 17.6 Å². The van der Waals surface area contributed by atoms with Crippen LogP contribution in [0.2, 0.25) is 0 Å². The second-order valence-electron chi connectivity index (χ2n) is 10.1. The van der Waals surface area contributed by atoms with E-state index in [2.05, 4.69) is 13.8 Å². The van der Waals surface area contributed by atoms with Gasteiger partial charge < -0.3 is 14.7 Å². The number of hydrogen-bond donors (Lipinski definition) is 1. The fraction of sp³-hybridized carbons (Fsp3) is 0.667. The highest BCUT2D eigenvalue weighted by Crippen LogP contribution is 2.46. The number of benzene rings is 1. The van der Waals surface area contributed by atoms with Crippen LogP contribution in [0.5, 0.6) is 5.75 Å². The molecule has 0 bridgehead atoms. The van der Waals surface area contributed by atoms with E-state index in [1.807, 2.05) is 0 Å². The molecule has 2 atom stereocenters.